The van der Waals surface area contributed by atoms with Gasteiger partial charge in [-0.3, -0.25) is 4.79 Å². The van der Waals surface area contributed by atoms with Crippen LogP contribution in [-0.2, 0) is 10.3 Å². The summed E-state index contributed by atoms with van der Waals surface area (Å²) in [5.74, 6) is -0.703. The van der Waals surface area contributed by atoms with Crippen molar-refractivity contribution in [1.82, 2.24) is 5.32 Å². The van der Waals surface area contributed by atoms with Crippen LogP contribution in [0.25, 0.3) is 0 Å². The number of rotatable bonds is 7. The van der Waals surface area contributed by atoms with Crippen LogP contribution in [0.3, 0.4) is 0 Å². The maximum Gasteiger partial charge on any atom is 0.303 e. The third kappa shape index (κ3) is 3.80. The van der Waals surface area contributed by atoms with Crippen molar-refractivity contribution in [1.29, 1.82) is 0 Å². The second kappa shape index (κ2) is 6.53. The number of carboxylic acid groups (broad SMARTS) is 1. The zero-order chi connectivity index (χ0) is 13.7. The Balaban J connectivity index is 1.87. The molecule has 1 aromatic rings. The largest absolute Gasteiger partial charge is 0.481 e. The van der Waals surface area contributed by atoms with E-state index in [-0.39, 0.29) is 12.0 Å². The van der Waals surface area contributed by atoms with Gasteiger partial charge in [-0.2, -0.15) is 0 Å². The highest BCUT2D eigenvalue weighted by molar-refractivity contribution is 9.10. The van der Waals surface area contributed by atoms with E-state index in [0.29, 0.717) is 0 Å². The number of nitrogens with one attached hydrogen (secondary N) is 1. The molecule has 104 valence electrons. The van der Waals surface area contributed by atoms with Crippen LogP contribution < -0.4 is 5.32 Å². The lowest BCUT2D eigenvalue weighted by molar-refractivity contribution is -0.137. The van der Waals surface area contributed by atoms with Crippen molar-refractivity contribution in [3.8, 4) is 0 Å². The van der Waals surface area contributed by atoms with Gasteiger partial charge >= 0.3 is 5.97 Å². The van der Waals surface area contributed by atoms with E-state index in [1.54, 1.807) is 0 Å². The van der Waals surface area contributed by atoms with Gasteiger partial charge in [0, 0.05) is 16.4 Å². The van der Waals surface area contributed by atoms with Crippen LogP contribution in [0.4, 0.5) is 0 Å². The van der Waals surface area contributed by atoms with Crippen LogP contribution in [0, 0.1) is 0 Å². The topological polar surface area (TPSA) is 49.3 Å². The van der Waals surface area contributed by atoms with Crippen molar-refractivity contribution in [2.24, 2.45) is 0 Å². The van der Waals surface area contributed by atoms with Crippen LogP contribution in [0.15, 0.2) is 28.7 Å². The van der Waals surface area contributed by atoms with Gasteiger partial charge in [0.1, 0.15) is 0 Å². The Bertz CT molecular complexity index is 444. The fourth-order valence-electron chi connectivity index (χ4n) is 2.61. The molecule has 0 spiro atoms. The van der Waals surface area contributed by atoms with Gasteiger partial charge in [-0.25, -0.2) is 0 Å². The Morgan fingerprint density at radius 3 is 2.74 bits per heavy atom. The average Bonchev–Trinajstić information content (AvgIpc) is 2.31. The van der Waals surface area contributed by atoms with E-state index in [2.05, 4.69) is 39.4 Å². The van der Waals surface area contributed by atoms with Gasteiger partial charge in [-0.1, -0.05) is 28.1 Å². The number of carboxylic acids is 1. The number of halogens is 1. The molecule has 0 atom stereocenters. The summed E-state index contributed by atoms with van der Waals surface area (Å²) in [6.07, 6.45) is 5.53. The van der Waals surface area contributed by atoms with E-state index in [4.69, 9.17) is 5.11 Å². The summed E-state index contributed by atoms with van der Waals surface area (Å²) >= 11 is 3.52. The predicted octanol–water partition coefficient (Wildman–Crippen LogP) is 3.67. The van der Waals surface area contributed by atoms with E-state index in [1.165, 1.54) is 24.8 Å². The summed E-state index contributed by atoms with van der Waals surface area (Å²) in [5, 5.41) is 12.2. The molecule has 3 nitrogen and oxygen atoms in total. The van der Waals surface area contributed by atoms with Crippen molar-refractivity contribution in [3.63, 3.8) is 0 Å². The summed E-state index contributed by atoms with van der Waals surface area (Å²) in [5.41, 5.74) is 1.46. The third-order valence-electron chi connectivity index (χ3n) is 3.87. The van der Waals surface area contributed by atoms with Crippen LogP contribution >= 0.6 is 15.9 Å². The van der Waals surface area contributed by atoms with Gasteiger partial charge in [0.25, 0.3) is 0 Å². The zero-order valence-electron chi connectivity index (χ0n) is 11.0. The van der Waals surface area contributed by atoms with E-state index in [9.17, 15) is 4.79 Å². The number of hydrogen-bond donors (Lipinski definition) is 2. The van der Waals surface area contributed by atoms with Gasteiger partial charge in [-0.05, 0) is 56.3 Å². The first kappa shape index (κ1) is 14.5. The molecule has 1 aliphatic rings. The number of hydrogen-bond acceptors (Lipinski definition) is 2. The molecule has 0 bridgehead atoms. The maximum absolute atomic E-state index is 10.5. The molecule has 1 fully saturated rings. The standard InChI is InChI=1S/C15H20BrNO2/c16-13-6-3-5-12(11-13)15(8-4-9-15)17-10-2-1-7-14(18)19/h3,5-6,11,17H,1-2,4,7-10H2,(H,18,19). The van der Waals surface area contributed by atoms with Crippen LogP contribution in [-0.4, -0.2) is 17.6 Å². The van der Waals surface area contributed by atoms with E-state index < -0.39 is 5.97 Å². The van der Waals surface area contributed by atoms with Crippen LogP contribution in [0.1, 0.15) is 44.1 Å². The molecule has 0 radical (unpaired) electrons. The quantitative estimate of drug-likeness (QED) is 0.752. The van der Waals surface area contributed by atoms with Crippen molar-refractivity contribution < 1.29 is 9.90 Å². The molecule has 0 unspecified atom stereocenters. The first-order chi connectivity index (χ1) is 9.12. The van der Waals surface area contributed by atoms with Crippen molar-refractivity contribution in [2.45, 2.75) is 44.1 Å². The Hall–Kier alpha value is -0.870. The summed E-state index contributed by atoms with van der Waals surface area (Å²) in [6.45, 7) is 0.889. The first-order valence-electron chi connectivity index (χ1n) is 6.85. The fourth-order valence-corrected chi connectivity index (χ4v) is 3.01. The van der Waals surface area contributed by atoms with E-state index in [0.717, 1.165) is 23.9 Å². The minimum absolute atomic E-state index is 0.118. The summed E-state index contributed by atoms with van der Waals surface area (Å²) in [4.78, 5) is 10.5. The normalized spacial score (nSPS) is 16.9. The van der Waals surface area contributed by atoms with Crippen LogP contribution in [0.5, 0.6) is 0 Å². The van der Waals surface area contributed by atoms with E-state index >= 15 is 0 Å². The van der Waals surface area contributed by atoms with Crippen molar-refractivity contribution >= 4 is 21.9 Å². The van der Waals surface area contributed by atoms with Gasteiger partial charge < -0.3 is 10.4 Å². The number of benzene rings is 1. The molecule has 2 N–H and O–H groups in total. The highest BCUT2D eigenvalue weighted by Crippen LogP contribution is 2.41. The highest BCUT2D eigenvalue weighted by atomic mass is 79.9. The average molecular weight is 326 g/mol. The Kier molecular flexibility index (Phi) is 4.99. The zero-order valence-corrected chi connectivity index (χ0v) is 12.6. The molecule has 1 saturated carbocycles. The van der Waals surface area contributed by atoms with E-state index in [1.807, 2.05) is 6.07 Å². The number of carbonyl (C=O) groups is 1. The lowest BCUT2D eigenvalue weighted by atomic mass is 9.72. The smallest absolute Gasteiger partial charge is 0.303 e. The number of unbranched alkanes of at least 4 members (excludes halogenated alkanes) is 1. The summed E-state index contributed by atoms with van der Waals surface area (Å²) in [7, 11) is 0. The summed E-state index contributed by atoms with van der Waals surface area (Å²) in [6, 6.07) is 8.48. The minimum atomic E-state index is -0.703. The monoisotopic (exact) mass is 325 g/mol. The second-order valence-corrected chi connectivity index (χ2v) is 6.14. The Morgan fingerprint density at radius 2 is 2.16 bits per heavy atom. The Morgan fingerprint density at radius 1 is 1.37 bits per heavy atom. The molecule has 2 rings (SSSR count). The lowest BCUT2D eigenvalue weighted by Gasteiger charge is -2.43. The first-order valence-corrected chi connectivity index (χ1v) is 7.65. The highest BCUT2D eigenvalue weighted by Gasteiger charge is 2.37. The number of aliphatic carboxylic acids is 1. The second-order valence-electron chi connectivity index (χ2n) is 5.22. The molecule has 1 aliphatic carbocycles. The lowest BCUT2D eigenvalue weighted by Crippen LogP contribution is -2.48. The molecule has 0 saturated heterocycles. The molecule has 0 aromatic heterocycles. The van der Waals surface area contributed by atoms with Gasteiger partial charge in [0.15, 0.2) is 0 Å². The maximum atomic E-state index is 10.5. The third-order valence-corrected chi connectivity index (χ3v) is 4.36. The summed E-state index contributed by atoms with van der Waals surface area (Å²) < 4.78 is 1.11. The molecular formula is C15H20BrNO2. The molecular weight excluding hydrogens is 306 g/mol. The molecule has 4 heteroatoms. The molecule has 0 aliphatic heterocycles. The Labute approximate surface area is 122 Å². The minimum Gasteiger partial charge on any atom is -0.481 e. The molecule has 0 heterocycles. The fraction of sp³-hybridized carbons (Fsp3) is 0.533. The molecule has 0 amide bonds. The van der Waals surface area contributed by atoms with Gasteiger partial charge in [0.2, 0.25) is 0 Å². The SMILES string of the molecule is O=C(O)CCCCNC1(c2cccc(Br)c2)CCC1. The molecule has 19 heavy (non-hydrogen) atoms. The van der Waals surface area contributed by atoms with Gasteiger partial charge in [-0.15, -0.1) is 0 Å². The molecule has 1 aromatic carbocycles. The van der Waals surface area contributed by atoms with Crippen molar-refractivity contribution in [2.75, 3.05) is 6.54 Å². The van der Waals surface area contributed by atoms with Crippen molar-refractivity contribution in [3.05, 3.63) is 34.3 Å². The predicted molar refractivity (Wildman–Crippen MR) is 79.2 cm³/mol. The van der Waals surface area contributed by atoms with Crippen LogP contribution in [0.2, 0.25) is 0 Å². The van der Waals surface area contributed by atoms with Gasteiger partial charge in [0.05, 0.1) is 0 Å².